The molecule has 0 radical (unpaired) electrons. The van der Waals surface area contributed by atoms with Crippen LogP contribution in [0, 0.1) is 3.57 Å². The molecule has 0 bridgehead atoms. The van der Waals surface area contributed by atoms with E-state index in [1.54, 1.807) is 0 Å². The molecule has 0 aromatic heterocycles. The highest BCUT2D eigenvalue weighted by atomic mass is 127. The van der Waals surface area contributed by atoms with Crippen LogP contribution in [0.4, 0.5) is 0 Å². The summed E-state index contributed by atoms with van der Waals surface area (Å²) in [5.74, 6) is 0. The molecule has 156 valence electrons. The minimum atomic E-state index is -0.373. The lowest BCUT2D eigenvalue weighted by atomic mass is 10.1. The third-order valence-corrected chi connectivity index (χ3v) is 6.06. The third-order valence-electron chi connectivity index (χ3n) is 5.34. The molecule has 0 spiro atoms. The van der Waals surface area contributed by atoms with Gasteiger partial charge in [-0.1, -0.05) is 90.2 Å². The first-order chi connectivity index (χ1) is 13.2. The molecule has 27 heavy (non-hydrogen) atoms. The van der Waals surface area contributed by atoms with Crippen molar-refractivity contribution in [2.75, 3.05) is 19.6 Å². The Hall–Kier alpha value is -0.130. The van der Waals surface area contributed by atoms with Crippen molar-refractivity contribution in [3.05, 3.63) is 33.4 Å². The molecule has 0 amide bonds. The molecule has 0 heterocycles. The summed E-state index contributed by atoms with van der Waals surface area (Å²) in [4.78, 5) is 2.50. The SMILES string of the molecule is CCCCCCCCN(CCCCCCCC)C[C@@H](O)c1ccc(I)cc1. The first kappa shape index (κ1) is 24.9. The number of hydrogen-bond donors (Lipinski definition) is 1. The van der Waals surface area contributed by atoms with Gasteiger partial charge in [0.25, 0.3) is 0 Å². The zero-order valence-electron chi connectivity index (χ0n) is 17.8. The number of rotatable bonds is 17. The second kappa shape index (κ2) is 16.8. The molecule has 2 nitrogen and oxygen atoms in total. The third kappa shape index (κ3) is 12.8. The lowest BCUT2D eigenvalue weighted by Crippen LogP contribution is -2.31. The van der Waals surface area contributed by atoms with Crippen molar-refractivity contribution in [2.45, 2.75) is 97.0 Å². The van der Waals surface area contributed by atoms with E-state index in [0.717, 1.165) is 25.2 Å². The van der Waals surface area contributed by atoms with Gasteiger partial charge in [-0.2, -0.15) is 0 Å². The fourth-order valence-electron chi connectivity index (χ4n) is 3.56. The van der Waals surface area contributed by atoms with Gasteiger partial charge in [-0.25, -0.2) is 0 Å². The molecule has 3 heteroatoms. The maximum atomic E-state index is 10.7. The zero-order chi connectivity index (χ0) is 19.7. The molecule has 1 aromatic carbocycles. The second-order valence-electron chi connectivity index (χ2n) is 7.90. The smallest absolute Gasteiger partial charge is 0.0916 e. The van der Waals surface area contributed by atoms with Gasteiger partial charge in [-0.3, -0.25) is 0 Å². The largest absolute Gasteiger partial charge is 0.387 e. The van der Waals surface area contributed by atoms with Gasteiger partial charge in [-0.05, 0) is 66.2 Å². The number of halogens is 1. The zero-order valence-corrected chi connectivity index (χ0v) is 19.9. The van der Waals surface area contributed by atoms with Crippen molar-refractivity contribution in [1.82, 2.24) is 4.90 Å². The predicted octanol–water partition coefficient (Wildman–Crippen LogP) is 7.35. The second-order valence-corrected chi connectivity index (χ2v) is 9.15. The van der Waals surface area contributed by atoms with Crippen LogP contribution in [-0.2, 0) is 0 Å². The van der Waals surface area contributed by atoms with Crippen LogP contribution in [0.15, 0.2) is 24.3 Å². The van der Waals surface area contributed by atoms with Gasteiger partial charge in [0.2, 0.25) is 0 Å². The lowest BCUT2D eigenvalue weighted by Gasteiger charge is -2.25. The quantitative estimate of drug-likeness (QED) is 0.183. The van der Waals surface area contributed by atoms with Crippen molar-refractivity contribution in [3.63, 3.8) is 0 Å². The van der Waals surface area contributed by atoms with E-state index < -0.39 is 0 Å². The highest BCUT2D eigenvalue weighted by Crippen LogP contribution is 2.17. The minimum Gasteiger partial charge on any atom is -0.387 e. The van der Waals surface area contributed by atoms with Crippen LogP contribution in [0.2, 0.25) is 0 Å². The van der Waals surface area contributed by atoms with Crippen LogP contribution in [0.3, 0.4) is 0 Å². The van der Waals surface area contributed by atoms with E-state index >= 15 is 0 Å². The number of unbranched alkanes of at least 4 members (excludes halogenated alkanes) is 10. The number of hydrogen-bond acceptors (Lipinski definition) is 2. The Balaban J connectivity index is 2.39. The van der Waals surface area contributed by atoms with Crippen LogP contribution >= 0.6 is 22.6 Å². The van der Waals surface area contributed by atoms with E-state index in [1.165, 1.54) is 80.6 Å². The average Bonchev–Trinajstić information content (AvgIpc) is 2.67. The summed E-state index contributed by atoms with van der Waals surface area (Å²) in [6, 6.07) is 8.32. The van der Waals surface area contributed by atoms with E-state index in [1.807, 2.05) is 0 Å². The van der Waals surface area contributed by atoms with Gasteiger partial charge in [0.1, 0.15) is 0 Å². The minimum absolute atomic E-state index is 0.373. The van der Waals surface area contributed by atoms with Crippen LogP contribution in [0.25, 0.3) is 0 Å². The topological polar surface area (TPSA) is 23.5 Å². The maximum absolute atomic E-state index is 10.7. The maximum Gasteiger partial charge on any atom is 0.0916 e. The van der Waals surface area contributed by atoms with Crippen molar-refractivity contribution in [3.8, 4) is 0 Å². The molecule has 0 fully saturated rings. The summed E-state index contributed by atoms with van der Waals surface area (Å²) in [5.41, 5.74) is 1.05. The van der Waals surface area contributed by atoms with Crippen molar-refractivity contribution in [1.29, 1.82) is 0 Å². The molecule has 1 aromatic rings. The van der Waals surface area contributed by atoms with Crippen molar-refractivity contribution in [2.24, 2.45) is 0 Å². The Morgan fingerprint density at radius 3 is 1.67 bits per heavy atom. The Bertz CT molecular complexity index is 432. The molecule has 0 aliphatic heterocycles. The fourth-order valence-corrected chi connectivity index (χ4v) is 3.92. The van der Waals surface area contributed by atoms with E-state index in [-0.39, 0.29) is 6.10 Å². The number of nitrogens with zero attached hydrogens (tertiary/aromatic N) is 1. The van der Waals surface area contributed by atoms with Crippen molar-refractivity contribution >= 4 is 22.6 Å². The first-order valence-corrected chi connectivity index (χ1v) is 12.4. The Morgan fingerprint density at radius 1 is 0.741 bits per heavy atom. The van der Waals surface area contributed by atoms with E-state index in [9.17, 15) is 5.11 Å². The molecule has 1 rings (SSSR count). The summed E-state index contributed by atoms with van der Waals surface area (Å²) in [6.45, 7) is 7.57. The van der Waals surface area contributed by atoms with Crippen LogP contribution < -0.4 is 0 Å². The number of aliphatic hydroxyl groups is 1. The van der Waals surface area contributed by atoms with Gasteiger partial charge in [-0.15, -0.1) is 0 Å². The highest BCUT2D eigenvalue weighted by Gasteiger charge is 2.13. The van der Waals surface area contributed by atoms with Gasteiger partial charge in [0.05, 0.1) is 6.10 Å². The van der Waals surface area contributed by atoms with Crippen molar-refractivity contribution < 1.29 is 5.11 Å². The Kier molecular flexibility index (Phi) is 15.5. The summed E-state index contributed by atoms with van der Waals surface area (Å²) in [6.07, 6.45) is 15.6. The normalized spacial score (nSPS) is 12.6. The Labute approximate surface area is 182 Å². The standard InChI is InChI=1S/C24H42INO/c1-3-5-7-9-11-13-19-26(20-14-12-10-8-6-4-2)21-24(27)22-15-17-23(25)18-16-22/h15-18,24,27H,3-14,19-21H2,1-2H3/t24-/m1/s1. The molecule has 0 aliphatic rings. The molecule has 0 saturated heterocycles. The molecule has 1 atom stereocenters. The van der Waals surface area contributed by atoms with Crippen LogP contribution in [0.5, 0.6) is 0 Å². The predicted molar refractivity (Wildman–Crippen MR) is 127 cm³/mol. The van der Waals surface area contributed by atoms with E-state index in [0.29, 0.717) is 0 Å². The highest BCUT2D eigenvalue weighted by molar-refractivity contribution is 14.1. The summed E-state index contributed by atoms with van der Waals surface area (Å²) in [5, 5.41) is 10.7. The van der Waals surface area contributed by atoms with Gasteiger partial charge in [0.15, 0.2) is 0 Å². The molecule has 0 saturated carbocycles. The molecule has 0 unspecified atom stereocenters. The summed E-state index contributed by atoms with van der Waals surface area (Å²) < 4.78 is 1.22. The summed E-state index contributed by atoms with van der Waals surface area (Å²) >= 11 is 2.32. The van der Waals surface area contributed by atoms with E-state index in [4.69, 9.17) is 0 Å². The van der Waals surface area contributed by atoms with Crippen LogP contribution in [-0.4, -0.2) is 29.6 Å². The van der Waals surface area contributed by atoms with E-state index in [2.05, 4.69) is 65.6 Å². The monoisotopic (exact) mass is 487 g/mol. The first-order valence-electron chi connectivity index (χ1n) is 11.3. The van der Waals surface area contributed by atoms with Gasteiger partial charge < -0.3 is 10.0 Å². The Morgan fingerprint density at radius 2 is 1.19 bits per heavy atom. The van der Waals surface area contributed by atoms with Gasteiger partial charge in [0, 0.05) is 10.1 Å². The van der Waals surface area contributed by atoms with Crippen LogP contribution in [0.1, 0.15) is 103 Å². The fraction of sp³-hybridized carbons (Fsp3) is 0.750. The lowest BCUT2D eigenvalue weighted by molar-refractivity contribution is 0.110. The molecular formula is C24H42INO. The number of aliphatic hydroxyl groups excluding tert-OH is 1. The van der Waals surface area contributed by atoms with Gasteiger partial charge >= 0.3 is 0 Å². The average molecular weight is 488 g/mol. The molecular weight excluding hydrogens is 445 g/mol. The number of benzene rings is 1. The molecule has 0 aliphatic carbocycles. The summed E-state index contributed by atoms with van der Waals surface area (Å²) in [7, 11) is 0. The molecule has 1 N–H and O–H groups in total.